The lowest BCUT2D eigenvalue weighted by molar-refractivity contribution is -0.159. The van der Waals surface area contributed by atoms with E-state index in [0.717, 1.165) is 49.8 Å². The molecule has 5 rings (SSSR count). The van der Waals surface area contributed by atoms with Gasteiger partial charge in [0.05, 0.1) is 39.0 Å². The number of hydrogen-bond acceptors (Lipinski definition) is 8. The first kappa shape index (κ1) is 29.2. The molecule has 0 spiro atoms. The molecule has 0 radical (unpaired) electrons. The van der Waals surface area contributed by atoms with Gasteiger partial charge in [-0.2, -0.15) is 0 Å². The molecule has 2 aliphatic heterocycles. The number of benzene rings is 1. The van der Waals surface area contributed by atoms with Gasteiger partial charge in [-0.05, 0) is 68.1 Å². The molecule has 224 valence electrons. The smallest absolute Gasteiger partial charge is 0.328 e. The van der Waals surface area contributed by atoms with Crippen LogP contribution in [0.25, 0.3) is 0 Å². The second kappa shape index (κ2) is 13.6. The molecule has 3 aliphatic rings. The number of nitrogens with zero attached hydrogens (tertiary/aromatic N) is 4. The Labute approximate surface area is 242 Å². The van der Waals surface area contributed by atoms with Crippen LogP contribution in [0.4, 0.5) is 0 Å². The highest BCUT2D eigenvalue weighted by atomic mass is 16.5. The summed E-state index contributed by atoms with van der Waals surface area (Å²) in [5, 5.41) is 8.56. The first-order valence-corrected chi connectivity index (χ1v) is 15.2. The van der Waals surface area contributed by atoms with Gasteiger partial charge in [0.1, 0.15) is 6.04 Å². The molecule has 1 aliphatic carbocycles. The maximum absolute atomic E-state index is 14.5. The lowest BCUT2D eigenvalue weighted by Gasteiger charge is -2.39. The van der Waals surface area contributed by atoms with Gasteiger partial charge < -0.3 is 23.8 Å². The maximum Gasteiger partial charge on any atom is 0.328 e. The summed E-state index contributed by atoms with van der Waals surface area (Å²) >= 11 is 0. The fraction of sp³-hybridized carbons (Fsp3) is 0.677. The monoisotopic (exact) mass is 568 g/mol. The molecule has 3 heterocycles. The molecule has 0 unspecified atom stereocenters. The average molecular weight is 569 g/mol. The van der Waals surface area contributed by atoms with Crippen molar-refractivity contribution < 1.29 is 28.5 Å². The molecule has 1 aromatic carbocycles. The van der Waals surface area contributed by atoms with Crippen molar-refractivity contribution in [3.63, 3.8) is 0 Å². The lowest BCUT2D eigenvalue weighted by atomic mass is 9.75. The largest absolute Gasteiger partial charge is 0.493 e. The number of carbonyl (C=O) groups excluding carboxylic acids is 2. The van der Waals surface area contributed by atoms with Crippen molar-refractivity contribution in [3.05, 3.63) is 29.6 Å². The Bertz CT molecular complexity index is 1190. The standard InChI is InChI=1S/C31H44N4O6/c1-21-16-24-19-34(33-32-24)13-9-15-40-27-18-23(17-26(38-2)29(27)39-3)28(22-10-5-4-6-11-22)30(36)35-14-8-7-12-25(35)31(37)41-20-21/h17-19,21-22,25,28H,4-16,20H2,1-3H3/t21-,25-,28-/m0/s1. The Morgan fingerprint density at radius 2 is 1.73 bits per heavy atom. The molecule has 41 heavy (non-hydrogen) atoms. The van der Waals surface area contributed by atoms with Gasteiger partial charge in [-0.15, -0.1) is 5.10 Å². The first-order valence-electron chi connectivity index (χ1n) is 15.2. The minimum Gasteiger partial charge on any atom is -0.493 e. The fourth-order valence-corrected chi connectivity index (χ4v) is 6.63. The lowest BCUT2D eigenvalue weighted by Crippen LogP contribution is -2.51. The van der Waals surface area contributed by atoms with Crippen LogP contribution in [-0.4, -0.2) is 71.8 Å². The van der Waals surface area contributed by atoms with Crippen molar-refractivity contribution in [2.45, 2.75) is 89.6 Å². The first-order chi connectivity index (χ1) is 20.0. The van der Waals surface area contributed by atoms with E-state index in [-0.39, 0.29) is 30.3 Å². The molecule has 2 fully saturated rings. The number of piperidine rings is 1. The fourth-order valence-electron chi connectivity index (χ4n) is 6.63. The molecule has 4 bridgehead atoms. The van der Waals surface area contributed by atoms with Crippen LogP contribution in [0.3, 0.4) is 0 Å². The molecule has 10 nitrogen and oxygen atoms in total. The predicted octanol–water partition coefficient (Wildman–Crippen LogP) is 4.54. The quantitative estimate of drug-likeness (QED) is 0.497. The highest BCUT2D eigenvalue weighted by Crippen LogP contribution is 2.45. The maximum atomic E-state index is 14.5. The zero-order chi connectivity index (χ0) is 28.8. The van der Waals surface area contributed by atoms with Crippen molar-refractivity contribution in [2.75, 3.05) is 34.0 Å². The summed E-state index contributed by atoms with van der Waals surface area (Å²) in [4.78, 5) is 29.8. The average Bonchev–Trinajstić information content (AvgIpc) is 3.44. The van der Waals surface area contributed by atoms with Gasteiger partial charge in [0.2, 0.25) is 11.7 Å². The number of fused-ring (bicyclic) bond motifs is 5. The molecular weight excluding hydrogens is 524 g/mol. The Balaban J connectivity index is 1.54. The summed E-state index contributed by atoms with van der Waals surface area (Å²) in [7, 11) is 3.20. The van der Waals surface area contributed by atoms with Gasteiger partial charge in [0.15, 0.2) is 11.5 Å². The molecule has 2 aromatic rings. The minimum absolute atomic E-state index is 0.00152. The van der Waals surface area contributed by atoms with E-state index in [1.165, 1.54) is 6.42 Å². The van der Waals surface area contributed by atoms with Crippen molar-refractivity contribution in [2.24, 2.45) is 11.8 Å². The summed E-state index contributed by atoms with van der Waals surface area (Å²) in [5.41, 5.74) is 1.70. The van der Waals surface area contributed by atoms with E-state index < -0.39 is 12.0 Å². The Hall–Kier alpha value is -3.30. The summed E-state index contributed by atoms with van der Waals surface area (Å²) in [6.45, 7) is 3.96. The van der Waals surface area contributed by atoms with Gasteiger partial charge in [0, 0.05) is 25.7 Å². The van der Waals surface area contributed by atoms with Crippen molar-refractivity contribution in [1.29, 1.82) is 0 Å². The van der Waals surface area contributed by atoms with E-state index in [2.05, 4.69) is 10.3 Å². The number of esters is 1. The van der Waals surface area contributed by atoms with Crippen molar-refractivity contribution >= 4 is 11.9 Å². The van der Waals surface area contributed by atoms with Crippen LogP contribution in [0, 0.1) is 11.8 Å². The van der Waals surface area contributed by atoms with Crippen LogP contribution in [-0.2, 0) is 27.3 Å². The number of ether oxygens (including phenoxy) is 4. The van der Waals surface area contributed by atoms with Crippen LogP contribution in [0.5, 0.6) is 17.2 Å². The van der Waals surface area contributed by atoms with Gasteiger partial charge in [-0.3, -0.25) is 9.48 Å². The van der Waals surface area contributed by atoms with Crippen LogP contribution in [0.1, 0.15) is 81.9 Å². The second-order valence-corrected chi connectivity index (χ2v) is 11.8. The third-order valence-corrected chi connectivity index (χ3v) is 8.71. The summed E-state index contributed by atoms with van der Waals surface area (Å²) in [6.07, 6.45) is 11.0. The minimum atomic E-state index is -0.576. The van der Waals surface area contributed by atoms with Crippen molar-refractivity contribution in [3.8, 4) is 17.2 Å². The number of methoxy groups -OCH3 is 2. The van der Waals surface area contributed by atoms with E-state index in [0.29, 0.717) is 56.2 Å². The molecule has 1 aromatic heterocycles. The molecule has 10 heteroatoms. The van der Waals surface area contributed by atoms with Gasteiger partial charge in [-0.25, -0.2) is 4.79 Å². The molecule has 0 N–H and O–H groups in total. The topological polar surface area (TPSA) is 105 Å². The van der Waals surface area contributed by atoms with Gasteiger partial charge >= 0.3 is 5.97 Å². The zero-order valence-corrected chi connectivity index (χ0v) is 24.7. The number of aryl methyl sites for hydroxylation is 1. The number of cyclic esters (lactones) is 1. The Morgan fingerprint density at radius 3 is 2.51 bits per heavy atom. The Morgan fingerprint density at radius 1 is 0.927 bits per heavy atom. The summed E-state index contributed by atoms with van der Waals surface area (Å²) in [6, 6.07) is 3.29. The summed E-state index contributed by atoms with van der Waals surface area (Å²) in [5.74, 6) is 1.13. The van der Waals surface area contributed by atoms with E-state index >= 15 is 0 Å². The molecule has 3 atom stereocenters. The third-order valence-electron chi connectivity index (χ3n) is 8.71. The second-order valence-electron chi connectivity index (χ2n) is 11.8. The number of rotatable bonds is 3. The highest BCUT2D eigenvalue weighted by Gasteiger charge is 2.41. The number of carbonyl (C=O) groups is 2. The number of aromatic nitrogens is 3. The third kappa shape index (κ3) is 6.79. The van der Waals surface area contributed by atoms with E-state index in [9.17, 15) is 9.59 Å². The van der Waals surface area contributed by atoms with Crippen LogP contribution in [0.15, 0.2) is 18.3 Å². The molecule has 1 saturated heterocycles. The predicted molar refractivity (Wildman–Crippen MR) is 152 cm³/mol. The molecule has 1 amide bonds. The van der Waals surface area contributed by atoms with E-state index in [1.807, 2.05) is 29.9 Å². The van der Waals surface area contributed by atoms with Crippen LogP contribution >= 0.6 is 0 Å². The normalized spacial score (nSPS) is 25.1. The van der Waals surface area contributed by atoms with Gasteiger partial charge in [-0.1, -0.05) is 31.4 Å². The van der Waals surface area contributed by atoms with E-state index in [4.69, 9.17) is 18.9 Å². The SMILES string of the molecule is COc1cc2cc(c1OC)OCCCn1cc(nn1)C[C@H](C)COC(=O)[C@@H]1CCCCN1C(=O)[C@H]2C1CCCCC1. The summed E-state index contributed by atoms with van der Waals surface area (Å²) < 4.78 is 25.4. The van der Waals surface area contributed by atoms with Crippen LogP contribution < -0.4 is 14.2 Å². The highest BCUT2D eigenvalue weighted by molar-refractivity contribution is 5.89. The van der Waals surface area contributed by atoms with E-state index in [1.54, 1.807) is 19.1 Å². The number of amides is 1. The van der Waals surface area contributed by atoms with Crippen LogP contribution in [0.2, 0.25) is 0 Å². The zero-order valence-electron chi connectivity index (χ0n) is 24.7. The van der Waals surface area contributed by atoms with Gasteiger partial charge in [0.25, 0.3) is 0 Å². The Kier molecular flexibility index (Phi) is 9.67. The number of hydrogen-bond donors (Lipinski definition) is 0. The molecular formula is C31H44N4O6. The van der Waals surface area contributed by atoms with Crippen molar-refractivity contribution in [1.82, 2.24) is 19.9 Å². The molecule has 1 saturated carbocycles.